The minimum atomic E-state index is -1.12. The number of carboxylic acids is 1. The standard InChI is InChI=1S/C14H16FN3O2/c1-17(9-13-16-5-6-18(13)2)8-10-3-4-11(15)7-12(10)14(19)20/h3-7H,8-9H2,1-2H3,(H,19,20). The molecular weight excluding hydrogens is 261 g/mol. The van der Waals surface area contributed by atoms with E-state index in [0.29, 0.717) is 18.7 Å². The average Bonchev–Trinajstić information content (AvgIpc) is 2.77. The lowest BCUT2D eigenvalue weighted by atomic mass is 10.1. The number of carboxylic acid groups (broad SMARTS) is 1. The topological polar surface area (TPSA) is 58.4 Å². The maximum atomic E-state index is 13.1. The predicted molar refractivity (Wildman–Crippen MR) is 71.7 cm³/mol. The SMILES string of the molecule is CN(Cc1ccc(F)cc1C(=O)O)Cc1nccn1C. The highest BCUT2D eigenvalue weighted by Gasteiger charge is 2.13. The van der Waals surface area contributed by atoms with E-state index in [4.69, 9.17) is 5.11 Å². The highest BCUT2D eigenvalue weighted by molar-refractivity contribution is 5.89. The zero-order valence-corrected chi connectivity index (χ0v) is 11.4. The summed E-state index contributed by atoms with van der Waals surface area (Å²) in [5, 5.41) is 9.10. The Morgan fingerprint density at radius 3 is 2.80 bits per heavy atom. The molecule has 0 spiro atoms. The van der Waals surface area contributed by atoms with Gasteiger partial charge in [-0.25, -0.2) is 14.2 Å². The Kier molecular flexibility index (Phi) is 4.14. The summed E-state index contributed by atoms with van der Waals surface area (Å²) in [6.07, 6.45) is 3.56. The zero-order chi connectivity index (χ0) is 14.7. The van der Waals surface area contributed by atoms with E-state index in [9.17, 15) is 9.18 Å². The van der Waals surface area contributed by atoms with Crippen molar-refractivity contribution >= 4 is 5.97 Å². The van der Waals surface area contributed by atoms with Crippen molar-refractivity contribution in [3.8, 4) is 0 Å². The first-order chi connectivity index (χ1) is 9.47. The molecule has 0 unspecified atom stereocenters. The second kappa shape index (κ2) is 5.83. The van der Waals surface area contributed by atoms with Crippen molar-refractivity contribution in [1.82, 2.24) is 14.5 Å². The highest BCUT2D eigenvalue weighted by Crippen LogP contribution is 2.14. The molecule has 0 saturated heterocycles. The van der Waals surface area contributed by atoms with Crippen molar-refractivity contribution < 1.29 is 14.3 Å². The molecule has 1 heterocycles. The van der Waals surface area contributed by atoms with E-state index in [1.807, 2.05) is 29.8 Å². The number of halogens is 1. The van der Waals surface area contributed by atoms with Crippen LogP contribution in [-0.2, 0) is 20.1 Å². The van der Waals surface area contributed by atoms with Gasteiger partial charge in [0.05, 0.1) is 12.1 Å². The first-order valence-corrected chi connectivity index (χ1v) is 6.14. The Labute approximate surface area is 116 Å². The molecule has 0 amide bonds. The van der Waals surface area contributed by atoms with Crippen molar-refractivity contribution in [3.05, 3.63) is 53.4 Å². The van der Waals surface area contributed by atoms with Gasteiger partial charge in [0.1, 0.15) is 11.6 Å². The number of carbonyl (C=O) groups is 1. The Bertz CT molecular complexity index is 625. The van der Waals surface area contributed by atoms with Crippen LogP contribution in [0.15, 0.2) is 30.6 Å². The minimum absolute atomic E-state index is 0.00306. The van der Waals surface area contributed by atoms with Crippen molar-refractivity contribution in [2.24, 2.45) is 7.05 Å². The number of aromatic carboxylic acids is 1. The summed E-state index contributed by atoms with van der Waals surface area (Å²) in [6.45, 7) is 0.995. The van der Waals surface area contributed by atoms with Gasteiger partial charge in [0, 0.05) is 26.0 Å². The van der Waals surface area contributed by atoms with Gasteiger partial charge in [-0.15, -0.1) is 0 Å². The molecule has 6 heteroatoms. The molecule has 1 aromatic carbocycles. The van der Waals surface area contributed by atoms with Crippen LogP contribution >= 0.6 is 0 Å². The molecule has 2 rings (SSSR count). The molecule has 0 radical (unpaired) electrons. The Morgan fingerprint density at radius 2 is 2.20 bits per heavy atom. The molecule has 0 saturated carbocycles. The molecule has 1 aromatic heterocycles. The predicted octanol–water partition coefficient (Wildman–Crippen LogP) is 1.89. The van der Waals surface area contributed by atoms with E-state index in [0.717, 1.165) is 11.9 Å². The largest absolute Gasteiger partial charge is 0.478 e. The van der Waals surface area contributed by atoms with E-state index < -0.39 is 11.8 Å². The maximum Gasteiger partial charge on any atom is 0.336 e. The van der Waals surface area contributed by atoms with Crippen LogP contribution in [0.3, 0.4) is 0 Å². The third kappa shape index (κ3) is 3.21. The molecule has 0 atom stereocenters. The molecule has 2 aromatic rings. The minimum Gasteiger partial charge on any atom is -0.478 e. The number of hydrogen-bond acceptors (Lipinski definition) is 3. The molecule has 1 N–H and O–H groups in total. The summed E-state index contributed by atoms with van der Waals surface area (Å²) in [5.41, 5.74) is 0.576. The fourth-order valence-electron chi connectivity index (χ4n) is 2.02. The van der Waals surface area contributed by atoms with Crippen LogP contribution in [0, 0.1) is 5.82 Å². The van der Waals surface area contributed by atoms with Gasteiger partial charge in [0.2, 0.25) is 0 Å². The van der Waals surface area contributed by atoms with Gasteiger partial charge in [-0.05, 0) is 24.7 Å². The molecule has 0 fully saturated rings. The Morgan fingerprint density at radius 1 is 1.45 bits per heavy atom. The van der Waals surface area contributed by atoms with E-state index in [1.54, 1.807) is 6.20 Å². The molecule has 20 heavy (non-hydrogen) atoms. The number of imidazole rings is 1. The number of aromatic nitrogens is 2. The summed E-state index contributed by atoms with van der Waals surface area (Å²) in [7, 11) is 3.76. The summed E-state index contributed by atoms with van der Waals surface area (Å²) in [5.74, 6) is -0.783. The van der Waals surface area contributed by atoms with Gasteiger partial charge in [-0.3, -0.25) is 4.90 Å². The van der Waals surface area contributed by atoms with Crippen LogP contribution in [0.4, 0.5) is 4.39 Å². The quantitative estimate of drug-likeness (QED) is 0.906. The van der Waals surface area contributed by atoms with Gasteiger partial charge in [0.25, 0.3) is 0 Å². The number of rotatable bonds is 5. The molecule has 0 aliphatic rings. The molecule has 5 nitrogen and oxygen atoms in total. The van der Waals surface area contributed by atoms with Crippen LogP contribution in [0.1, 0.15) is 21.7 Å². The van der Waals surface area contributed by atoms with E-state index in [2.05, 4.69) is 4.98 Å². The van der Waals surface area contributed by atoms with E-state index in [1.165, 1.54) is 12.1 Å². The van der Waals surface area contributed by atoms with E-state index in [-0.39, 0.29) is 5.56 Å². The molecule has 0 aliphatic carbocycles. The van der Waals surface area contributed by atoms with Crippen LogP contribution < -0.4 is 0 Å². The first kappa shape index (κ1) is 14.2. The molecular formula is C14H16FN3O2. The third-order valence-electron chi connectivity index (χ3n) is 3.07. The number of benzene rings is 1. The lowest BCUT2D eigenvalue weighted by Gasteiger charge is -2.17. The molecule has 0 bridgehead atoms. The van der Waals surface area contributed by atoms with Crippen molar-refractivity contribution in [2.45, 2.75) is 13.1 Å². The summed E-state index contributed by atoms with van der Waals surface area (Å²) in [6, 6.07) is 3.83. The van der Waals surface area contributed by atoms with Gasteiger partial charge in [-0.1, -0.05) is 6.07 Å². The third-order valence-corrected chi connectivity index (χ3v) is 3.07. The lowest BCUT2D eigenvalue weighted by molar-refractivity contribution is 0.0694. The van der Waals surface area contributed by atoms with Gasteiger partial charge >= 0.3 is 5.97 Å². The smallest absolute Gasteiger partial charge is 0.336 e. The number of hydrogen-bond donors (Lipinski definition) is 1. The molecule has 0 aliphatic heterocycles. The first-order valence-electron chi connectivity index (χ1n) is 6.14. The Hall–Kier alpha value is -2.21. The zero-order valence-electron chi connectivity index (χ0n) is 11.4. The van der Waals surface area contributed by atoms with Gasteiger partial charge in [-0.2, -0.15) is 0 Å². The summed E-state index contributed by atoms with van der Waals surface area (Å²) < 4.78 is 15.0. The fraction of sp³-hybridized carbons (Fsp3) is 0.286. The lowest BCUT2D eigenvalue weighted by Crippen LogP contribution is -2.21. The van der Waals surface area contributed by atoms with Crippen LogP contribution in [0.25, 0.3) is 0 Å². The Balaban J connectivity index is 2.13. The summed E-state index contributed by atoms with van der Waals surface area (Å²) >= 11 is 0. The second-order valence-corrected chi connectivity index (χ2v) is 4.73. The van der Waals surface area contributed by atoms with Gasteiger partial charge < -0.3 is 9.67 Å². The fourth-order valence-corrected chi connectivity index (χ4v) is 2.02. The normalized spacial score (nSPS) is 11.0. The second-order valence-electron chi connectivity index (χ2n) is 4.73. The van der Waals surface area contributed by atoms with Crippen molar-refractivity contribution in [3.63, 3.8) is 0 Å². The van der Waals surface area contributed by atoms with Crippen molar-refractivity contribution in [1.29, 1.82) is 0 Å². The summed E-state index contributed by atoms with van der Waals surface area (Å²) in [4.78, 5) is 17.3. The van der Waals surface area contributed by atoms with Crippen LogP contribution in [0.5, 0.6) is 0 Å². The highest BCUT2D eigenvalue weighted by atomic mass is 19.1. The molecule has 106 valence electrons. The number of nitrogens with zero attached hydrogens (tertiary/aromatic N) is 3. The maximum absolute atomic E-state index is 13.1. The monoisotopic (exact) mass is 277 g/mol. The average molecular weight is 277 g/mol. The van der Waals surface area contributed by atoms with E-state index >= 15 is 0 Å². The van der Waals surface area contributed by atoms with Crippen molar-refractivity contribution in [2.75, 3.05) is 7.05 Å². The van der Waals surface area contributed by atoms with Gasteiger partial charge in [0.15, 0.2) is 0 Å². The number of aryl methyl sites for hydroxylation is 1. The van der Waals surface area contributed by atoms with Crippen LogP contribution in [0.2, 0.25) is 0 Å². The van der Waals surface area contributed by atoms with Crippen LogP contribution in [-0.4, -0.2) is 32.6 Å².